The van der Waals surface area contributed by atoms with Crippen LogP contribution in [0.2, 0.25) is 0 Å². The molecule has 0 atom stereocenters. The number of halogens is 2. The van der Waals surface area contributed by atoms with Crippen molar-refractivity contribution < 1.29 is 4.39 Å². The summed E-state index contributed by atoms with van der Waals surface area (Å²) in [6, 6.07) is 5.46. The molecule has 2 rings (SSSR count). The van der Waals surface area contributed by atoms with Crippen molar-refractivity contribution in [3.63, 3.8) is 0 Å². The first-order chi connectivity index (χ1) is 6.74. The lowest BCUT2D eigenvalue weighted by Crippen LogP contribution is -1.83. The molecule has 1 aromatic heterocycles. The van der Waals surface area contributed by atoms with Crippen LogP contribution in [0.1, 0.15) is 5.56 Å². The normalized spacial score (nSPS) is 11.1. The minimum Gasteiger partial charge on any atom is -0.207 e. The molecule has 0 bridgehead atoms. The first-order valence-corrected chi connectivity index (χ1v) is 6.64. The first-order valence-electron chi connectivity index (χ1n) is 4.06. The van der Waals surface area contributed by atoms with Crippen LogP contribution in [0, 0.1) is 5.82 Å². The van der Waals surface area contributed by atoms with Crippen LogP contribution in [-0.2, 0) is 5.88 Å². The maximum absolute atomic E-state index is 13.3. The van der Waals surface area contributed by atoms with E-state index in [1.54, 1.807) is 29.2 Å². The number of benzene rings is 1. The van der Waals surface area contributed by atoms with E-state index in [1.807, 2.05) is 12.3 Å². The molecule has 0 nitrogen and oxygen atoms in total. The van der Waals surface area contributed by atoms with E-state index in [-0.39, 0.29) is 11.7 Å². The number of hydrogen-bond donors (Lipinski definition) is 0. The van der Waals surface area contributed by atoms with Crippen LogP contribution in [0.25, 0.3) is 10.1 Å². The Balaban J connectivity index is 2.64. The van der Waals surface area contributed by atoms with Gasteiger partial charge in [-0.15, -0.1) is 34.7 Å². The Bertz CT molecular complexity index is 464. The van der Waals surface area contributed by atoms with Crippen molar-refractivity contribution in [1.29, 1.82) is 0 Å². The van der Waals surface area contributed by atoms with Gasteiger partial charge in [-0.25, -0.2) is 4.39 Å². The van der Waals surface area contributed by atoms with Crippen LogP contribution in [0.15, 0.2) is 22.4 Å². The van der Waals surface area contributed by atoms with E-state index in [0.29, 0.717) is 5.56 Å². The second-order valence-corrected chi connectivity index (χ2v) is 5.34. The summed E-state index contributed by atoms with van der Waals surface area (Å²) in [7, 11) is 0. The fourth-order valence-corrected chi connectivity index (χ4v) is 3.14. The smallest absolute Gasteiger partial charge is 0.129 e. The van der Waals surface area contributed by atoms with Gasteiger partial charge in [0.1, 0.15) is 5.82 Å². The average Bonchev–Trinajstić information content (AvgIpc) is 2.58. The highest BCUT2D eigenvalue weighted by atomic mass is 35.5. The third-order valence-electron chi connectivity index (χ3n) is 2.01. The van der Waals surface area contributed by atoms with Gasteiger partial charge in [0, 0.05) is 10.3 Å². The second kappa shape index (κ2) is 4.09. The Morgan fingerprint density at radius 2 is 2.21 bits per heavy atom. The summed E-state index contributed by atoms with van der Waals surface area (Å²) in [4.78, 5) is 0. The van der Waals surface area contributed by atoms with E-state index in [1.165, 1.54) is 4.21 Å². The van der Waals surface area contributed by atoms with Gasteiger partial charge in [0.2, 0.25) is 0 Å². The molecule has 0 radical (unpaired) electrons. The molecule has 0 saturated carbocycles. The molecular formula is C10H8ClFS2. The van der Waals surface area contributed by atoms with E-state index in [9.17, 15) is 4.39 Å². The number of fused-ring (bicyclic) bond motifs is 1. The minimum absolute atomic E-state index is 0.206. The number of thioether (sulfide) groups is 1. The van der Waals surface area contributed by atoms with Crippen molar-refractivity contribution in [2.45, 2.75) is 10.1 Å². The lowest BCUT2D eigenvalue weighted by molar-refractivity contribution is 0.619. The summed E-state index contributed by atoms with van der Waals surface area (Å²) in [5.74, 6) is 0.0219. The van der Waals surface area contributed by atoms with Gasteiger partial charge in [-0.1, -0.05) is 0 Å². The standard InChI is InChI=1S/C10H8ClFS2/c1-13-10-3-6-2-7(5-11)8(12)4-9(6)14-10/h2-4H,5H2,1H3. The number of hydrogen-bond acceptors (Lipinski definition) is 2. The zero-order valence-electron chi connectivity index (χ0n) is 7.51. The molecule has 0 aliphatic heterocycles. The van der Waals surface area contributed by atoms with Crippen LogP contribution in [0.5, 0.6) is 0 Å². The Hall–Kier alpha value is -0.250. The predicted molar refractivity (Wildman–Crippen MR) is 63.1 cm³/mol. The topological polar surface area (TPSA) is 0 Å². The Labute approximate surface area is 95.1 Å². The minimum atomic E-state index is -0.206. The quantitative estimate of drug-likeness (QED) is 0.555. The van der Waals surface area contributed by atoms with Gasteiger partial charge in [0.05, 0.1) is 10.1 Å². The van der Waals surface area contributed by atoms with Crippen LogP contribution in [0.4, 0.5) is 4.39 Å². The molecule has 0 aliphatic rings. The van der Waals surface area contributed by atoms with Gasteiger partial charge < -0.3 is 0 Å². The van der Waals surface area contributed by atoms with Crippen molar-refractivity contribution in [3.8, 4) is 0 Å². The van der Waals surface area contributed by atoms with Gasteiger partial charge in [-0.2, -0.15) is 0 Å². The summed E-state index contributed by atoms with van der Waals surface area (Å²) in [6.07, 6.45) is 2.02. The van der Waals surface area contributed by atoms with Crippen molar-refractivity contribution in [3.05, 3.63) is 29.6 Å². The fraction of sp³-hybridized carbons (Fsp3) is 0.200. The Morgan fingerprint density at radius 3 is 2.86 bits per heavy atom. The Morgan fingerprint density at radius 1 is 1.43 bits per heavy atom. The highest BCUT2D eigenvalue weighted by Crippen LogP contribution is 2.33. The van der Waals surface area contributed by atoms with Gasteiger partial charge in [0.15, 0.2) is 0 Å². The Kier molecular flexibility index (Phi) is 3.00. The van der Waals surface area contributed by atoms with Crippen LogP contribution >= 0.6 is 34.7 Å². The van der Waals surface area contributed by atoms with Crippen LogP contribution in [-0.4, -0.2) is 6.26 Å². The third-order valence-corrected chi connectivity index (χ3v) is 4.46. The molecule has 2 aromatic rings. The van der Waals surface area contributed by atoms with Gasteiger partial charge >= 0.3 is 0 Å². The summed E-state index contributed by atoms with van der Waals surface area (Å²) >= 11 is 8.92. The zero-order valence-corrected chi connectivity index (χ0v) is 9.90. The highest BCUT2D eigenvalue weighted by molar-refractivity contribution is 8.00. The monoisotopic (exact) mass is 246 g/mol. The van der Waals surface area contributed by atoms with Gasteiger partial charge in [-0.05, 0) is 29.8 Å². The average molecular weight is 247 g/mol. The summed E-state index contributed by atoms with van der Waals surface area (Å²) < 4.78 is 15.5. The largest absolute Gasteiger partial charge is 0.207 e. The molecule has 0 saturated heterocycles. The SMILES string of the molecule is CSc1cc2cc(CCl)c(F)cc2s1. The van der Waals surface area contributed by atoms with E-state index >= 15 is 0 Å². The van der Waals surface area contributed by atoms with Gasteiger partial charge in [0.25, 0.3) is 0 Å². The first kappa shape index (κ1) is 10.3. The molecule has 0 spiro atoms. The number of thiophene rings is 1. The van der Waals surface area contributed by atoms with E-state index in [2.05, 4.69) is 6.07 Å². The zero-order chi connectivity index (χ0) is 10.1. The molecule has 0 unspecified atom stereocenters. The summed E-state index contributed by atoms with van der Waals surface area (Å²) in [5, 5.41) is 1.08. The van der Waals surface area contributed by atoms with Gasteiger partial charge in [-0.3, -0.25) is 0 Å². The third kappa shape index (κ3) is 1.76. The molecule has 1 heterocycles. The van der Waals surface area contributed by atoms with E-state index in [4.69, 9.17) is 11.6 Å². The second-order valence-electron chi connectivity index (χ2n) is 2.88. The molecule has 74 valence electrons. The highest BCUT2D eigenvalue weighted by Gasteiger charge is 2.06. The number of rotatable bonds is 2. The lowest BCUT2D eigenvalue weighted by atomic mass is 10.2. The van der Waals surface area contributed by atoms with Crippen molar-refractivity contribution in [2.75, 3.05) is 6.26 Å². The molecule has 14 heavy (non-hydrogen) atoms. The fourth-order valence-electron chi connectivity index (χ4n) is 1.29. The molecule has 4 heteroatoms. The molecular weight excluding hydrogens is 239 g/mol. The van der Waals surface area contributed by atoms with E-state index < -0.39 is 0 Å². The predicted octanol–water partition coefficient (Wildman–Crippen LogP) is 4.50. The molecule has 0 amide bonds. The maximum atomic E-state index is 13.3. The maximum Gasteiger partial charge on any atom is 0.129 e. The summed E-state index contributed by atoms with van der Waals surface area (Å²) in [5.41, 5.74) is 0.574. The van der Waals surface area contributed by atoms with Crippen molar-refractivity contribution in [1.82, 2.24) is 0 Å². The molecule has 1 aromatic carbocycles. The molecule has 0 N–H and O–H groups in total. The lowest BCUT2D eigenvalue weighted by Gasteiger charge is -1.97. The van der Waals surface area contributed by atoms with Crippen molar-refractivity contribution in [2.24, 2.45) is 0 Å². The van der Waals surface area contributed by atoms with Crippen LogP contribution in [0.3, 0.4) is 0 Å². The summed E-state index contributed by atoms with van der Waals surface area (Å²) in [6.45, 7) is 0. The molecule has 0 aliphatic carbocycles. The van der Waals surface area contributed by atoms with E-state index in [0.717, 1.165) is 10.1 Å². The van der Waals surface area contributed by atoms with Crippen LogP contribution < -0.4 is 0 Å². The molecule has 0 fully saturated rings. The number of alkyl halides is 1. The van der Waals surface area contributed by atoms with Crippen molar-refractivity contribution >= 4 is 44.8 Å².